The summed E-state index contributed by atoms with van der Waals surface area (Å²) >= 11 is 0. The van der Waals surface area contributed by atoms with Crippen LogP contribution in [0, 0.1) is 5.92 Å². The standard InChI is InChI=1S/C9H15F3O5S/c1-3-6(2)8(13)17-5-4-7(10)9(11,12)18(14,15)16/h6-7H,3-5H2,1-2H3,(H,14,15,16)/p-1. The van der Waals surface area contributed by atoms with Gasteiger partial charge >= 0.3 is 11.2 Å². The van der Waals surface area contributed by atoms with Crippen LogP contribution in [0.3, 0.4) is 0 Å². The number of hydrogen-bond donors (Lipinski definition) is 0. The summed E-state index contributed by atoms with van der Waals surface area (Å²) in [5, 5.41) is -5.02. The normalized spacial score (nSPS) is 16.1. The van der Waals surface area contributed by atoms with E-state index in [0.29, 0.717) is 6.42 Å². The highest BCUT2D eigenvalue weighted by Gasteiger charge is 2.47. The Kier molecular flexibility index (Phi) is 6.08. The van der Waals surface area contributed by atoms with Crippen molar-refractivity contribution in [1.29, 1.82) is 0 Å². The van der Waals surface area contributed by atoms with Gasteiger partial charge in [-0.25, -0.2) is 12.8 Å². The Hall–Kier alpha value is -0.830. The van der Waals surface area contributed by atoms with E-state index >= 15 is 0 Å². The SMILES string of the molecule is CCC(C)C(=O)OCCC(F)C(F)(F)S(=O)(=O)[O-]. The van der Waals surface area contributed by atoms with Crippen molar-refractivity contribution in [2.75, 3.05) is 6.61 Å². The maximum atomic E-state index is 12.9. The van der Waals surface area contributed by atoms with E-state index in [1.54, 1.807) is 6.92 Å². The Morgan fingerprint density at radius 1 is 1.44 bits per heavy atom. The van der Waals surface area contributed by atoms with Crippen LogP contribution in [-0.2, 0) is 19.6 Å². The van der Waals surface area contributed by atoms with Gasteiger partial charge in [-0.3, -0.25) is 4.79 Å². The molecule has 0 aliphatic carbocycles. The van der Waals surface area contributed by atoms with Crippen LogP contribution in [0.15, 0.2) is 0 Å². The summed E-state index contributed by atoms with van der Waals surface area (Å²) in [4.78, 5) is 11.1. The van der Waals surface area contributed by atoms with Crippen LogP contribution in [0.5, 0.6) is 0 Å². The summed E-state index contributed by atoms with van der Waals surface area (Å²) in [6.45, 7) is 2.52. The van der Waals surface area contributed by atoms with E-state index in [0.717, 1.165) is 0 Å². The van der Waals surface area contributed by atoms with Crippen LogP contribution >= 0.6 is 0 Å². The molecule has 0 heterocycles. The third-order valence-corrected chi connectivity index (χ3v) is 3.25. The first-order valence-corrected chi connectivity index (χ1v) is 6.58. The lowest BCUT2D eigenvalue weighted by Crippen LogP contribution is -2.39. The molecule has 0 fully saturated rings. The minimum absolute atomic E-state index is 0.461. The molecule has 0 spiro atoms. The number of alkyl halides is 3. The van der Waals surface area contributed by atoms with E-state index in [2.05, 4.69) is 4.74 Å². The third kappa shape index (κ3) is 4.45. The minimum Gasteiger partial charge on any atom is -0.743 e. The van der Waals surface area contributed by atoms with Crippen molar-refractivity contribution in [3.8, 4) is 0 Å². The Bertz CT molecular complexity index is 382. The predicted molar refractivity (Wildman–Crippen MR) is 54.6 cm³/mol. The van der Waals surface area contributed by atoms with E-state index in [1.165, 1.54) is 6.92 Å². The van der Waals surface area contributed by atoms with Crippen molar-refractivity contribution in [3.63, 3.8) is 0 Å². The zero-order valence-electron chi connectivity index (χ0n) is 9.86. The molecule has 0 saturated carbocycles. The highest BCUT2D eigenvalue weighted by Crippen LogP contribution is 2.29. The second-order valence-corrected chi connectivity index (χ2v) is 5.20. The number of halogens is 3. The quantitative estimate of drug-likeness (QED) is 0.523. The van der Waals surface area contributed by atoms with E-state index in [1.807, 2.05) is 0 Å². The minimum atomic E-state index is -6.07. The number of carbonyl (C=O) groups is 1. The molecular formula is C9H14F3O5S-. The summed E-state index contributed by atoms with van der Waals surface area (Å²) in [7, 11) is -6.07. The highest BCUT2D eigenvalue weighted by atomic mass is 32.2. The average molecular weight is 291 g/mol. The lowest BCUT2D eigenvalue weighted by Gasteiger charge is -2.23. The van der Waals surface area contributed by atoms with Gasteiger partial charge in [-0.1, -0.05) is 13.8 Å². The molecule has 5 nitrogen and oxygen atoms in total. The molecule has 0 radical (unpaired) electrons. The van der Waals surface area contributed by atoms with Gasteiger partial charge in [0.2, 0.25) is 0 Å². The molecule has 2 unspecified atom stereocenters. The lowest BCUT2D eigenvalue weighted by molar-refractivity contribution is -0.149. The average Bonchev–Trinajstić information content (AvgIpc) is 2.25. The summed E-state index contributed by atoms with van der Waals surface area (Å²) in [6.07, 6.45) is -3.80. The van der Waals surface area contributed by atoms with E-state index in [4.69, 9.17) is 0 Å². The number of hydrogen-bond acceptors (Lipinski definition) is 5. The van der Waals surface area contributed by atoms with Crippen molar-refractivity contribution in [2.45, 2.75) is 38.1 Å². The fourth-order valence-corrected chi connectivity index (χ4v) is 1.33. The molecule has 108 valence electrons. The molecule has 0 aromatic heterocycles. The Labute approximate surface area is 103 Å². The first kappa shape index (κ1) is 17.2. The van der Waals surface area contributed by atoms with Gasteiger partial charge in [0, 0.05) is 6.42 Å². The number of esters is 1. The Morgan fingerprint density at radius 2 is 1.94 bits per heavy atom. The van der Waals surface area contributed by atoms with Gasteiger partial charge in [-0.05, 0) is 6.42 Å². The van der Waals surface area contributed by atoms with E-state index in [-0.39, 0.29) is 0 Å². The maximum absolute atomic E-state index is 12.9. The molecule has 2 atom stereocenters. The van der Waals surface area contributed by atoms with Gasteiger partial charge in [0.05, 0.1) is 12.5 Å². The maximum Gasteiger partial charge on any atom is 0.364 e. The van der Waals surface area contributed by atoms with Crippen LogP contribution in [0.4, 0.5) is 13.2 Å². The topological polar surface area (TPSA) is 83.5 Å². The van der Waals surface area contributed by atoms with Crippen LogP contribution in [-0.4, -0.2) is 37.0 Å². The summed E-state index contributed by atoms with van der Waals surface area (Å²) in [6, 6.07) is 0. The first-order valence-electron chi connectivity index (χ1n) is 5.18. The molecular weight excluding hydrogens is 277 g/mol. The molecule has 0 rings (SSSR count). The molecule has 0 saturated heterocycles. The van der Waals surface area contributed by atoms with Crippen molar-refractivity contribution >= 4 is 16.1 Å². The van der Waals surface area contributed by atoms with Crippen LogP contribution in [0.1, 0.15) is 26.7 Å². The van der Waals surface area contributed by atoms with Crippen LogP contribution in [0.25, 0.3) is 0 Å². The van der Waals surface area contributed by atoms with E-state index in [9.17, 15) is 30.9 Å². The van der Waals surface area contributed by atoms with Gasteiger partial charge in [0.25, 0.3) is 0 Å². The molecule has 0 amide bonds. The second kappa shape index (κ2) is 6.37. The first-order chi connectivity index (χ1) is 8.04. The molecule has 0 aromatic rings. The predicted octanol–water partition coefficient (Wildman–Crippen LogP) is 1.44. The third-order valence-electron chi connectivity index (χ3n) is 2.33. The molecule has 0 N–H and O–H groups in total. The Balaban J connectivity index is 4.29. The number of ether oxygens (including phenoxy) is 1. The van der Waals surface area contributed by atoms with E-state index < -0.39 is 46.5 Å². The van der Waals surface area contributed by atoms with Crippen LogP contribution < -0.4 is 0 Å². The Morgan fingerprint density at radius 3 is 2.33 bits per heavy atom. The zero-order valence-corrected chi connectivity index (χ0v) is 10.7. The van der Waals surface area contributed by atoms with Gasteiger partial charge < -0.3 is 9.29 Å². The number of carbonyl (C=O) groups excluding carboxylic acids is 1. The number of rotatable bonds is 7. The summed E-state index contributed by atoms with van der Waals surface area (Å²) in [5.41, 5.74) is 0. The highest BCUT2D eigenvalue weighted by molar-refractivity contribution is 7.86. The van der Waals surface area contributed by atoms with Crippen molar-refractivity contribution in [2.24, 2.45) is 5.92 Å². The van der Waals surface area contributed by atoms with Gasteiger partial charge in [-0.2, -0.15) is 8.78 Å². The smallest absolute Gasteiger partial charge is 0.364 e. The van der Waals surface area contributed by atoms with Gasteiger partial charge in [-0.15, -0.1) is 0 Å². The van der Waals surface area contributed by atoms with Gasteiger partial charge in [0.1, 0.15) is 0 Å². The second-order valence-electron chi connectivity index (χ2n) is 3.75. The largest absolute Gasteiger partial charge is 0.743 e. The fraction of sp³-hybridized carbons (Fsp3) is 0.889. The summed E-state index contributed by atoms with van der Waals surface area (Å²) in [5.74, 6) is -1.16. The molecule has 0 bridgehead atoms. The zero-order chi connectivity index (χ0) is 14.6. The molecule has 18 heavy (non-hydrogen) atoms. The molecule has 0 aliphatic heterocycles. The monoisotopic (exact) mass is 291 g/mol. The van der Waals surface area contributed by atoms with Crippen molar-refractivity contribution in [3.05, 3.63) is 0 Å². The van der Waals surface area contributed by atoms with Crippen LogP contribution in [0.2, 0.25) is 0 Å². The van der Waals surface area contributed by atoms with Crippen molar-refractivity contribution < 1.29 is 35.7 Å². The lowest BCUT2D eigenvalue weighted by atomic mass is 10.1. The molecule has 0 aromatic carbocycles. The fourth-order valence-electron chi connectivity index (χ4n) is 0.897. The molecule has 9 heteroatoms. The molecule has 0 aliphatic rings. The van der Waals surface area contributed by atoms with Crippen molar-refractivity contribution in [1.82, 2.24) is 0 Å². The summed E-state index contributed by atoms with van der Waals surface area (Å²) < 4.78 is 72.9. The van der Waals surface area contributed by atoms with Gasteiger partial charge in [0.15, 0.2) is 16.3 Å².